The third-order valence-electron chi connectivity index (χ3n) is 3.00. The average molecular weight is 285 g/mol. The predicted molar refractivity (Wildman–Crippen MR) is 70.3 cm³/mol. The Balaban J connectivity index is 2.19. The van der Waals surface area contributed by atoms with E-state index in [0.717, 1.165) is 12.8 Å². The number of fused-ring (bicyclic) bond motifs is 1. The van der Waals surface area contributed by atoms with Gasteiger partial charge in [-0.3, -0.25) is 4.79 Å². The standard InChI is InChI=1S/C12H10Cl2N2O2/c13-6-4-8-9(5-7(6)14)16-12(17)11(15-8)10-2-1-3-18-10/h4-5,10H,1-3H2,(H,16,17). The normalized spacial score (nSPS) is 19.6. The molecule has 1 N–H and O–H groups in total. The van der Waals surface area contributed by atoms with Crippen LogP contribution in [0.3, 0.4) is 0 Å². The number of nitrogens with zero attached hydrogens (tertiary/aromatic N) is 1. The zero-order valence-corrected chi connectivity index (χ0v) is 10.9. The molecular formula is C12H10Cl2N2O2. The number of H-pyrrole nitrogens is 1. The van der Waals surface area contributed by atoms with E-state index in [9.17, 15) is 4.79 Å². The largest absolute Gasteiger partial charge is 0.372 e. The smallest absolute Gasteiger partial charge is 0.272 e. The zero-order chi connectivity index (χ0) is 12.7. The second-order valence-electron chi connectivity index (χ2n) is 4.24. The summed E-state index contributed by atoms with van der Waals surface area (Å²) in [5, 5.41) is 0.813. The van der Waals surface area contributed by atoms with Crippen molar-refractivity contribution in [3.05, 3.63) is 38.2 Å². The molecule has 94 valence electrons. The molecule has 4 nitrogen and oxygen atoms in total. The summed E-state index contributed by atoms with van der Waals surface area (Å²) >= 11 is 11.8. The molecule has 0 saturated carbocycles. The van der Waals surface area contributed by atoms with Gasteiger partial charge >= 0.3 is 0 Å². The Morgan fingerprint density at radius 3 is 2.83 bits per heavy atom. The Morgan fingerprint density at radius 1 is 1.33 bits per heavy atom. The molecule has 0 aliphatic carbocycles. The monoisotopic (exact) mass is 284 g/mol. The van der Waals surface area contributed by atoms with Crippen LogP contribution >= 0.6 is 23.2 Å². The highest BCUT2D eigenvalue weighted by atomic mass is 35.5. The number of aromatic amines is 1. The van der Waals surface area contributed by atoms with Gasteiger partial charge < -0.3 is 9.72 Å². The molecule has 3 rings (SSSR count). The van der Waals surface area contributed by atoms with Crippen LogP contribution in [0.5, 0.6) is 0 Å². The summed E-state index contributed by atoms with van der Waals surface area (Å²) in [5.74, 6) is 0. The highest BCUT2D eigenvalue weighted by Crippen LogP contribution is 2.28. The summed E-state index contributed by atoms with van der Waals surface area (Å²) in [5.41, 5.74) is 1.39. The number of hydrogen-bond acceptors (Lipinski definition) is 3. The summed E-state index contributed by atoms with van der Waals surface area (Å²) in [7, 11) is 0. The Morgan fingerprint density at radius 2 is 2.11 bits per heavy atom. The fourth-order valence-corrected chi connectivity index (χ4v) is 2.43. The zero-order valence-electron chi connectivity index (χ0n) is 9.37. The van der Waals surface area contributed by atoms with Crippen molar-refractivity contribution in [1.82, 2.24) is 9.97 Å². The maximum Gasteiger partial charge on any atom is 0.272 e. The van der Waals surface area contributed by atoms with Crippen molar-refractivity contribution >= 4 is 34.2 Å². The van der Waals surface area contributed by atoms with Crippen molar-refractivity contribution in [2.45, 2.75) is 18.9 Å². The van der Waals surface area contributed by atoms with Gasteiger partial charge in [0.25, 0.3) is 5.56 Å². The number of halogens is 2. The van der Waals surface area contributed by atoms with Crippen LogP contribution in [0.2, 0.25) is 10.0 Å². The van der Waals surface area contributed by atoms with Crippen LogP contribution in [-0.2, 0) is 4.74 Å². The Bertz CT molecular complexity index is 663. The van der Waals surface area contributed by atoms with Gasteiger partial charge in [0.1, 0.15) is 11.8 Å². The van der Waals surface area contributed by atoms with Gasteiger partial charge in [-0.05, 0) is 25.0 Å². The molecule has 0 bridgehead atoms. The molecule has 1 atom stereocenters. The van der Waals surface area contributed by atoms with Crippen LogP contribution in [0, 0.1) is 0 Å². The van der Waals surface area contributed by atoms with Crippen LogP contribution in [0.15, 0.2) is 16.9 Å². The van der Waals surface area contributed by atoms with E-state index in [4.69, 9.17) is 27.9 Å². The first-order chi connectivity index (χ1) is 8.65. The molecule has 1 aliphatic heterocycles. The first-order valence-corrected chi connectivity index (χ1v) is 6.41. The van der Waals surface area contributed by atoms with Crippen LogP contribution in [0.1, 0.15) is 24.6 Å². The summed E-state index contributed by atoms with van der Waals surface area (Å²) in [4.78, 5) is 19.1. The lowest BCUT2D eigenvalue weighted by atomic mass is 10.2. The average Bonchev–Trinajstić information content (AvgIpc) is 2.84. The summed E-state index contributed by atoms with van der Waals surface area (Å²) in [6, 6.07) is 3.25. The highest BCUT2D eigenvalue weighted by Gasteiger charge is 2.22. The quantitative estimate of drug-likeness (QED) is 0.876. The maximum atomic E-state index is 11.9. The van der Waals surface area contributed by atoms with Crippen LogP contribution in [0.25, 0.3) is 11.0 Å². The van der Waals surface area contributed by atoms with Gasteiger partial charge in [-0.2, -0.15) is 0 Å². The topological polar surface area (TPSA) is 55.0 Å². The molecule has 1 saturated heterocycles. The molecular weight excluding hydrogens is 275 g/mol. The van der Waals surface area contributed by atoms with Crippen molar-refractivity contribution < 1.29 is 4.74 Å². The molecule has 1 aromatic carbocycles. The number of ether oxygens (including phenoxy) is 1. The van der Waals surface area contributed by atoms with E-state index in [2.05, 4.69) is 9.97 Å². The fourth-order valence-electron chi connectivity index (χ4n) is 2.11. The predicted octanol–water partition coefficient (Wildman–Crippen LogP) is 3.08. The van der Waals surface area contributed by atoms with Gasteiger partial charge in [-0.25, -0.2) is 4.98 Å². The van der Waals surface area contributed by atoms with E-state index in [-0.39, 0.29) is 11.7 Å². The van der Waals surface area contributed by atoms with Crippen LogP contribution in [-0.4, -0.2) is 16.6 Å². The molecule has 1 unspecified atom stereocenters. The Hall–Kier alpha value is -1.10. The third-order valence-corrected chi connectivity index (χ3v) is 3.72. The van der Waals surface area contributed by atoms with Crippen molar-refractivity contribution in [2.75, 3.05) is 6.61 Å². The highest BCUT2D eigenvalue weighted by molar-refractivity contribution is 6.42. The van der Waals surface area contributed by atoms with Gasteiger partial charge in [-0.1, -0.05) is 23.2 Å². The summed E-state index contributed by atoms with van der Waals surface area (Å²) < 4.78 is 5.48. The van der Waals surface area contributed by atoms with Crippen molar-refractivity contribution in [1.29, 1.82) is 0 Å². The van der Waals surface area contributed by atoms with E-state index in [0.29, 0.717) is 33.4 Å². The molecule has 0 amide bonds. The van der Waals surface area contributed by atoms with Crippen molar-refractivity contribution in [3.63, 3.8) is 0 Å². The first kappa shape index (κ1) is 12.0. The SMILES string of the molecule is O=c1[nH]c2cc(Cl)c(Cl)cc2nc1C1CCCO1. The van der Waals surface area contributed by atoms with E-state index < -0.39 is 0 Å². The molecule has 6 heteroatoms. The molecule has 1 fully saturated rings. The van der Waals surface area contributed by atoms with E-state index in [1.54, 1.807) is 12.1 Å². The van der Waals surface area contributed by atoms with E-state index in [1.165, 1.54) is 0 Å². The lowest BCUT2D eigenvalue weighted by molar-refractivity contribution is 0.108. The molecule has 0 radical (unpaired) electrons. The maximum absolute atomic E-state index is 11.9. The molecule has 0 spiro atoms. The van der Waals surface area contributed by atoms with E-state index >= 15 is 0 Å². The Labute approximate surface area is 113 Å². The van der Waals surface area contributed by atoms with Crippen LogP contribution < -0.4 is 5.56 Å². The minimum atomic E-state index is -0.229. The fraction of sp³-hybridized carbons (Fsp3) is 0.333. The molecule has 1 aromatic heterocycles. The lowest BCUT2D eigenvalue weighted by Gasteiger charge is -2.09. The lowest BCUT2D eigenvalue weighted by Crippen LogP contribution is -2.18. The third kappa shape index (κ3) is 2.00. The van der Waals surface area contributed by atoms with Gasteiger partial charge in [0, 0.05) is 6.61 Å². The molecule has 2 heterocycles. The number of nitrogens with one attached hydrogen (secondary N) is 1. The molecule has 1 aliphatic rings. The van der Waals surface area contributed by atoms with Gasteiger partial charge in [0.2, 0.25) is 0 Å². The number of hydrogen-bond donors (Lipinski definition) is 1. The second-order valence-corrected chi connectivity index (χ2v) is 5.05. The Kier molecular flexibility index (Phi) is 3.01. The van der Waals surface area contributed by atoms with E-state index in [1.807, 2.05) is 0 Å². The number of benzene rings is 1. The van der Waals surface area contributed by atoms with Gasteiger partial charge in [-0.15, -0.1) is 0 Å². The molecule has 18 heavy (non-hydrogen) atoms. The van der Waals surface area contributed by atoms with Crippen molar-refractivity contribution in [2.24, 2.45) is 0 Å². The van der Waals surface area contributed by atoms with Crippen molar-refractivity contribution in [3.8, 4) is 0 Å². The minimum Gasteiger partial charge on any atom is -0.372 e. The first-order valence-electron chi connectivity index (χ1n) is 5.66. The second kappa shape index (κ2) is 4.53. The van der Waals surface area contributed by atoms with Crippen LogP contribution in [0.4, 0.5) is 0 Å². The number of aromatic nitrogens is 2. The van der Waals surface area contributed by atoms with Gasteiger partial charge in [0.15, 0.2) is 0 Å². The molecule has 2 aromatic rings. The van der Waals surface area contributed by atoms with Gasteiger partial charge in [0.05, 0.1) is 21.1 Å². The summed E-state index contributed by atoms with van der Waals surface area (Å²) in [6.45, 7) is 0.672. The summed E-state index contributed by atoms with van der Waals surface area (Å²) in [6.07, 6.45) is 1.56. The minimum absolute atomic E-state index is 0.215. The number of rotatable bonds is 1.